The summed E-state index contributed by atoms with van der Waals surface area (Å²) >= 11 is 0. The van der Waals surface area contributed by atoms with E-state index in [0.717, 1.165) is 29.2 Å². The molecule has 2 aliphatic rings. The van der Waals surface area contributed by atoms with Gasteiger partial charge in [-0.1, -0.05) is 61.7 Å². The average molecular weight is 486 g/mol. The molecule has 188 valence electrons. The van der Waals surface area contributed by atoms with Crippen molar-refractivity contribution in [2.75, 3.05) is 6.61 Å². The van der Waals surface area contributed by atoms with Crippen molar-refractivity contribution in [1.29, 1.82) is 0 Å². The molecule has 5 rings (SSSR count). The highest BCUT2D eigenvalue weighted by molar-refractivity contribution is 5.80. The second-order valence-electron chi connectivity index (χ2n) is 10.0. The monoisotopic (exact) mass is 485 g/mol. The third-order valence-electron chi connectivity index (χ3n) is 7.59. The van der Waals surface area contributed by atoms with Crippen molar-refractivity contribution in [3.05, 3.63) is 77.0 Å². The Morgan fingerprint density at radius 3 is 2.69 bits per heavy atom. The van der Waals surface area contributed by atoms with Crippen molar-refractivity contribution < 1.29 is 19.4 Å². The van der Waals surface area contributed by atoms with Gasteiger partial charge in [-0.25, -0.2) is 0 Å². The second kappa shape index (κ2) is 10.7. The minimum absolute atomic E-state index is 0.466. The molecule has 1 atom stereocenters. The summed E-state index contributed by atoms with van der Waals surface area (Å²) in [6.07, 6.45) is 9.97. The number of aliphatic carboxylic acids is 1. The molecule has 1 fully saturated rings. The summed E-state index contributed by atoms with van der Waals surface area (Å²) in [5.74, 6) is 0.787. The number of hydrogen-bond donors (Lipinski definition) is 1. The smallest absolute Gasteiger partial charge is 0.310 e. The van der Waals surface area contributed by atoms with Crippen LogP contribution in [0.1, 0.15) is 67.3 Å². The molecule has 0 bridgehead atoms. The lowest BCUT2D eigenvalue weighted by molar-refractivity contribution is -0.139. The number of carboxylic acid groups (broad SMARTS) is 1. The number of fused-ring (bicyclic) bond motifs is 3. The molecule has 0 spiro atoms. The molecule has 1 aromatic heterocycles. The van der Waals surface area contributed by atoms with E-state index >= 15 is 0 Å². The van der Waals surface area contributed by atoms with Crippen LogP contribution >= 0.6 is 0 Å². The van der Waals surface area contributed by atoms with E-state index in [2.05, 4.69) is 35.8 Å². The summed E-state index contributed by atoms with van der Waals surface area (Å²) in [7, 11) is 0. The van der Waals surface area contributed by atoms with E-state index in [-0.39, 0.29) is 0 Å². The van der Waals surface area contributed by atoms with E-state index in [4.69, 9.17) is 9.47 Å². The van der Waals surface area contributed by atoms with Gasteiger partial charge in [0.05, 0.1) is 18.2 Å². The fraction of sp³-hybridized carbons (Fsp3) is 0.387. The Bertz CT molecular complexity index is 1250. The topological polar surface area (TPSA) is 60.7 Å². The minimum Gasteiger partial charge on any atom is -0.491 e. The summed E-state index contributed by atoms with van der Waals surface area (Å²) in [6, 6.07) is 16.4. The number of benzene rings is 2. The van der Waals surface area contributed by atoms with Crippen LogP contribution in [0.2, 0.25) is 0 Å². The minimum atomic E-state index is -0.800. The van der Waals surface area contributed by atoms with Crippen molar-refractivity contribution >= 4 is 12.0 Å². The lowest BCUT2D eigenvalue weighted by Gasteiger charge is -2.24. The van der Waals surface area contributed by atoms with Crippen LogP contribution in [0, 0.1) is 12.8 Å². The van der Waals surface area contributed by atoms with Gasteiger partial charge < -0.3 is 19.1 Å². The van der Waals surface area contributed by atoms with Gasteiger partial charge in [0.2, 0.25) is 0 Å². The molecular formula is C31H35NO4. The summed E-state index contributed by atoms with van der Waals surface area (Å²) in [4.78, 5) is 11.5. The normalized spacial score (nSPS) is 16.6. The molecule has 36 heavy (non-hydrogen) atoms. The quantitative estimate of drug-likeness (QED) is 0.384. The first-order valence-corrected chi connectivity index (χ1v) is 13.1. The Kier molecular flexibility index (Phi) is 7.17. The first-order chi connectivity index (χ1) is 17.5. The van der Waals surface area contributed by atoms with Crippen LogP contribution in [0.25, 0.3) is 17.3 Å². The standard InChI is InChI=1S/C31H35NO4/c1-21(31(33)34)13-15-26-22(2)32-17-18-35-28-19-25(36-20-23-9-5-3-6-10-23)14-16-27(28)30(32)29(26)24-11-7-4-8-12-24/h3,5-6,9-10,13-16,19,21,24H,4,7-8,11-12,17-18,20H2,1-2H3,(H,33,34)/b15-13-. The SMILES string of the molecule is Cc1c(/C=C\C(C)C(=O)O)c(C2CCCCC2)c2n1CCOc1cc(OCc3ccccc3)ccc1-2. The largest absolute Gasteiger partial charge is 0.491 e. The molecule has 5 heteroatoms. The van der Waals surface area contributed by atoms with E-state index in [1.165, 1.54) is 54.6 Å². The molecule has 3 aromatic rings. The highest BCUT2D eigenvalue weighted by Crippen LogP contribution is 2.47. The number of carboxylic acids is 1. The zero-order chi connectivity index (χ0) is 25.1. The van der Waals surface area contributed by atoms with Crippen LogP contribution in [0.4, 0.5) is 0 Å². The maximum absolute atomic E-state index is 11.5. The number of carbonyl (C=O) groups is 1. The molecule has 0 amide bonds. The molecule has 0 saturated heterocycles. The zero-order valence-electron chi connectivity index (χ0n) is 21.2. The van der Waals surface area contributed by atoms with Crippen LogP contribution in [-0.4, -0.2) is 22.2 Å². The van der Waals surface area contributed by atoms with E-state index < -0.39 is 11.9 Å². The number of hydrogen-bond acceptors (Lipinski definition) is 3. The Balaban J connectivity index is 1.56. The van der Waals surface area contributed by atoms with Gasteiger partial charge in [0.25, 0.3) is 0 Å². The van der Waals surface area contributed by atoms with Gasteiger partial charge in [0.1, 0.15) is 24.7 Å². The Morgan fingerprint density at radius 2 is 1.94 bits per heavy atom. The van der Waals surface area contributed by atoms with E-state index in [9.17, 15) is 9.90 Å². The fourth-order valence-corrected chi connectivity index (χ4v) is 5.58. The first-order valence-electron chi connectivity index (χ1n) is 13.1. The number of rotatable bonds is 7. The predicted octanol–water partition coefficient (Wildman–Crippen LogP) is 7.22. The van der Waals surface area contributed by atoms with Crippen molar-refractivity contribution in [2.24, 2.45) is 5.92 Å². The maximum Gasteiger partial charge on any atom is 0.310 e. The van der Waals surface area contributed by atoms with Crippen molar-refractivity contribution in [3.8, 4) is 22.8 Å². The summed E-state index contributed by atoms with van der Waals surface area (Å²) in [5, 5.41) is 9.43. The third kappa shape index (κ3) is 4.92. The van der Waals surface area contributed by atoms with E-state index in [1.807, 2.05) is 36.4 Å². The lowest BCUT2D eigenvalue weighted by atomic mass is 9.81. The summed E-state index contributed by atoms with van der Waals surface area (Å²) in [6.45, 7) is 5.74. The Hall–Kier alpha value is -3.47. The van der Waals surface area contributed by atoms with Gasteiger partial charge in [-0.3, -0.25) is 4.79 Å². The van der Waals surface area contributed by atoms with Crippen LogP contribution < -0.4 is 9.47 Å². The van der Waals surface area contributed by atoms with Crippen LogP contribution in [0.15, 0.2) is 54.6 Å². The molecule has 1 aliphatic heterocycles. The molecule has 1 saturated carbocycles. The maximum atomic E-state index is 11.5. The van der Waals surface area contributed by atoms with Crippen molar-refractivity contribution in [2.45, 2.75) is 65.0 Å². The molecule has 0 radical (unpaired) electrons. The number of aromatic nitrogens is 1. The van der Waals surface area contributed by atoms with E-state index in [1.54, 1.807) is 6.92 Å². The van der Waals surface area contributed by atoms with Crippen molar-refractivity contribution in [3.63, 3.8) is 0 Å². The lowest BCUT2D eigenvalue weighted by Crippen LogP contribution is -2.08. The number of ether oxygens (including phenoxy) is 2. The van der Waals surface area contributed by atoms with Crippen molar-refractivity contribution in [1.82, 2.24) is 4.57 Å². The predicted molar refractivity (Wildman–Crippen MR) is 143 cm³/mol. The molecule has 1 aliphatic carbocycles. The highest BCUT2D eigenvalue weighted by atomic mass is 16.5. The van der Waals surface area contributed by atoms with Gasteiger partial charge in [-0.15, -0.1) is 0 Å². The summed E-state index contributed by atoms with van der Waals surface area (Å²) < 4.78 is 14.7. The van der Waals surface area contributed by atoms with Gasteiger partial charge in [0, 0.05) is 17.3 Å². The molecule has 2 heterocycles. The van der Waals surface area contributed by atoms with Gasteiger partial charge in [-0.2, -0.15) is 0 Å². The van der Waals surface area contributed by atoms with Crippen LogP contribution in [0.3, 0.4) is 0 Å². The second-order valence-corrected chi connectivity index (χ2v) is 10.0. The van der Waals surface area contributed by atoms with Gasteiger partial charge >= 0.3 is 5.97 Å². The fourth-order valence-electron chi connectivity index (χ4n) is 5.58. The van der Waals surface area contributed by atoms with Gasteiger partial charge in [0.15, 0.2) is 0 Å². The summed E-state index contributed by atoms with van der Waals surface area (Å²) in [5.41, 5.74) is 7.16. The number of nitrogens with zero attached hydrogens (tertiary/aromatic N) is 1. The molecule has 5 nitrogen and oxygen atoms in total. The van der Waals surface area contributed by atoms with Crippen LogP contribution in [-0.2, 0) is 17.9 Å². The van der Waals surface area contributed by atoms with E-state index in [0.29, 0.717) is 19.1 Å². The molecule has 2 aromatic carbocycles. The van der Waals surface area contributed by atoms with Gasteiger partial charge in [-0.05, 0) is 61.4 Å². The third-order valence-corrected chi connectivity index (χ3v) is 7.59. The highest BCUT2D eigenvalue weighted by Gasteiger charge is 2.30. The average Bonchev–Trinajstić information content (AvgIpc) is 3.05. The Labute approximate surface area is 213 Å². The molecular weight excluding hydrogens is 450 g/mol. The Morgan fingerprint density at radius 1 is 1.17 bits per heavy atom. The van der Waals surface area contributed by atoms with Crippen LogP contribution in [0.5, 0.6) is 11.5 Å². The first kappa shape index (κ1) is 24.2. The molecule has 1 unspecified atom stereocenters. The molecule has 1 N–H and O–H groups in total. The zero-order valence-corrected chi connectivity index (χ0v) is 21.2.